The van der Waals surface area contributed by atoms with Gasteiger partial charge in [0, 0.05) is 49.8 Å². The summed E-state index contributed by atoms with van der Waals surface area (Å²) >= 11 is 3.38. The molecule has 0 saturated heterocycles. The van der Waals surface area contributed by atoms with Gasteiger partial charge in [0.2, 0.25) is 11.9 Å². The van der Waals surface area contributed by atoms with Gasteiger partial charge in [0.15, 0.2) is 0 Å². The zero-order valence-corrected chi connectivity index (χ0v) is 30.9. The van der Waals surface area contributed by atoms with Gasteiger partial charge >= 0.3 is 0 Å². The van der Waals surface area contributed by atoms with E-state index in [1.807, 2.05) is 42.5 Å². The number of thioether (sulfide) groups is 2. The molecule has 2 unspecified atom stereocenters. The third-order valence-electron chi connectivity index (χ3n) is 7.65. The molecule has 1 fully saturated rings. The molecule has 10 heteroatoms. The summed E-state index contributed by atoms with van der Waals surface area (Å²) < 4.78 is 0. The molecular formula is C38H56N8S2. The SMILES string of the molecule is CC(C)CCNc1nc(SCCN)cc(C2CCC2c2ccccc2)n1.CC(C)CCNc1nccc(SCCN)n1.c1ccccc1. The predicted molar refractivity (Wildman–Crippen MR) is 207 cm³/mol. The number of nitrogens with zero attached hydrogens (tertiary/aromatic N) is 4. The lowest BCUT2D eigenvalue weighted by atomic mass is 9.68. The van der Waals surface area contributed by atoms with E-state index >= 15 is 0 Å². The summed E-state index contributed by atoms with van der Waals surface area (Å²) in [6.45, 7) is 12.0. The van der Waals surface area contributed by atoms with Gasteiger partial charge in [0.1, 0.15) is 10.1 Å². The fourth-order valence-electron chi connectivity index (χ4n) is 4.90. The molecule has 5 rings (SSSR count). The van der Waals surface area contributed by atoms with Crippen LogP contribution < -0.4 is 22.1 Å². The van der Waals surface area contributed by atoms with Gasteiger partial charge in [0.05, 0.1) is 5.69 Å². The minimum Gasteiger partial charge on any atom is -0.354 e. The van der Waals surface area contributed by atoms with Crippen LogP contribution in [0.25, 0.3) is 0 Å². The molecule has 48 heavy (non-hydrogen) atoms. The highest BCUT2D eigenvalue weighted by molar-refractivity contribution is 7.99. The fourth-order valence-corrected chi connectivity index (χ4v) is 6.22. The van der Waals surface area contributed by atoms with Crippen molar-refractivity contribution in [1.82, 2.24) is 19.9 Å². The van der Waals surface area contributed by atoms with Crippen LogP contribution in [0.15, 0.2) is 95.1 Å². The largest absolute Gasteiger partial charge is 0.354 e. The minimum atomic E-state index is 0.489. The van der Waals surface area contributed by atoms with Gasteiger partial charge < -0.3 is 22.1 Å². The predicted octanol–water partition coefficient (Wildman–Crippen LogP) is 8.32. The van der Waals surface area contributed by atoms with Crippen LogP contribution in [0.4, 0.5) is 11.9 Å². The maximum atomic E-state index is 5.68. The Morgan fingerprint density at radius 2 is 1.19 bits per heavy atom. The zero-order chi connectivity index (χ0) is 34.4. The molecule has 6 N–H and O–H groups in total. The van der Waals surface area contributed by atoms with Crippen molar-refractivity contribution in [2.45, 2.75) is 75.3 Å². The molecule has 2 aromatic carbocycles. The van der Waals surface area contributed by atoms with Crippen molar-refractivity contribution < 1.29 is 0 Å². The lowest BCUT2D eigenvalue weighted by Crippen LogP contribution is -2.23. The average molecular weight is 689 g/mol. The van der Waals surface area contributed by atoms with Gasteiger partial charge in [0.25, 0.3) is 0 Å². The lowest BCUT2D eigenvalue weighted by Gasteiger charge is -2.37. The Morgan fingerprint density at radius 1 is 0.667 bits per heavy atom. The Labute approximate surface area is 297 Å². The molecule has 260 valence electrons. The second-order valence-electron chi connectivity index (χ2n) is 12.5. The summed E-state index contributed by atoms with van der Waals surface area (Å²) in [6.07, 6.45) is 6.46. The van der Waals surface area contributed by atoms with Crippen LogP contribution in [-0.2, 0) is 0 Å². The Hall–Kier alpha value is -3.18. The fraction of sp³-hybridized carbons (Fsp3) is 0.474. The number of benzene rings is 2. The third kappa shape index (κ3) is 15.4. The molecule has 0 radical (unpaired) electrons. The molecule has 0 bridgehead atoms. The maximum absolute atomic E-state index is 5.68. The molecule has 8 nitrogen and oxygen atoms in total. The first kappa shape index (κ1) is 39.3. The van der Waals surface area contributed by atoms with Gasteiger partial charge in [-0.05, 0) is 61.1 Å². The van der Waals surface area contributed by atoms with Crippen molar-refractivity contribution in [2.75, 3.05) is 48.3 Å². The van der Waals surface area contributed by atoms with Crippen LogP contribution in [-0.4, -0.2) is 57.6 Å². The average Bonchev–Trinajstić information content (AvgIpc) is 3.08. The first-order valence-electron chi connectivity index (χ1n) is 17.3. The highest BCUT2D eigenvalue weighted by Crippen LogP contribution is 2.48. The monoisotopic (exact) mass is 688 g/mol. The quantitative estimate of drug-likeness (QED) is 0.0674. The molecule has 2 atom stereocenters. The van der Waals surface area contributed by atoms with E-state index in [0.717, 1.165) is 53.4 Å². The van der Waals surface area contributed by atoms with Crippen molar-refractivity contribution in [1.29, 1.82) is 0 Å². The van der Waals surface area contributed by atoms with E-state index in [-0.39, 0.29) is 0 Å². The number of anilines is 2. The van der Waals surface area contributed by atoms with Crippen LogP contribution in [0, 0.1) is 11.8 Å². The zero-order valence-electron chi connectivity index (χ0n) is 29.2. The van der Waals surface area contributed by atoms with E-state index in [0.29, 0.717) is 42.7 Å². The van der Waals surface area contributed by atoms with Gasteiger partial charge in [-0.2, -0.15) is 0 Å². The summed E-state index contributed by atoms with van der Waals surface area (Å²) in [6, 6.07) is 26.9. The highest BCUT2D eigenvalue weighted by Gasteiger charge is 2.34. The maximum Gasteiger partial charge on any atom is 0.223 e. The number of aromatic nitrogens is 4. The number of nitrogens with one attached hydrogen (secondary N) is 2. The van der Waals surface area contributed by atoms with E-state index < -0.39 is 0 Å². The molecule has 4 aromatic rings. The van der Waals surface area contributed by atoms with Gasteiger partial charge in [-0.25, -0.2) is 19.9 Å². The van der Waals surface area contributed by atoms with E-state index in [4.69, 9.17) is 21.4 Å². The molecule has 0 amide bonds. The molecule has 2 aromatic heterocycles. The van der Waals surface area contributed by atoms with Gasteiger partial charge in [-0.15, -0.1) is 23.5 Å². The Morgan fingerprint density at radius 3 is 1.73 bits per heavy atom. The first-order valence-corrected chi connectivity index (χ1v) is 19.3. The smallest absolute Gasteiger partial charge is 0.223 e. The molecule has 1 aliphatic carbocycles. The minimum absolute atomic E-state index is 0.489. The van der Waals surface area contributed by atoms with Crippen molar-refractivity contribution in [3.05, 3.63) is 96.3 Å². The summed E-state index contributed by atoms with van der Waals surface area (Å²) in [5.74, 6) is 5.68. The summed E-state index contributed by atoms with van der Waals surface area (Å²) in [5.41, 5.74) is 13.7. The van der Waals surface area contributed by atoms with E-state index in [2.05, 4.69) is 84.7 Å². The van der Waals surface area contributed by atoms with Crippen LogP contribution in [0.2, 0.25) is 0 Å². The first-order chi connectivity index (χ1) is 23.4. The second kappa shape index (κ2) is 23.2. The Balaban J connectivity index is 0.000000239. The molecule has 0 spiro atoms. The van der Waals surface area contributed by atoms with Crippen molar-refractivity contribution in [3.8, 4) is 0 Å². The molecule has 1 aliphatic rings. The standard InChI is InChI=1S/C21H30N4S.C11H20N4S.C6H6/c1-15(2)10-12-23-21-24-19(14-20(25-21)26-13-11-22)18-9-8-17(18)16-6-4-3-5-7-16;1-9(2)3-6-13-11-14-7-4-10(15-11)16-8-5-12;1-2-4-6-5-3-1/h3-7,14-15,17-18H,8-13,22H2,1-2H3,(H,23,24,25);4,7,9H,3,5-6,8,12H2,1-2H3,(H,13,14,15);1-6H. The number of hydrogen-bond acceptors (Lipinski definition) is 10. The molecule has 1 saturated carbocycles. The van der Waals surface area contributed by atoms with Gasteiger partial charge in [-0.3, -0.25) is 0 Å². The van der Waals surface area contributed by atoms with Crippen LogP contribution >= 0.6 is 23.5 Å². The van der Waals surface area contributed by atoms with Crippen LogP contribution in [0.3, 0.4) is 0 Å². The normalized spacial score (nSPS) is 15.1. The van der Waals surface area contributed by atoms with Gasteiger partial charge in [-0.1, -0.05) is 94.4 Å². The Kier molecular flexibility index (Phi) is 19.0. The topological polar surface area (TPSA) is 128 Å². The van der Waals surface area contributed by atoms with E-state index in [1.54, 1.807) is 29.7 Å². The van der Waals surface area contributed by atoms with Crippen molar-refractivity contribution >= 4 is 35.4 Å². The number of nitrogens with two attached hydrogens (primary N) is 2. The highest BCUT2D eigenvalue weighted by atomic mass is 32.2. The van der Waals surface area contributed by atoms with Crippen molar-refractivity contribution in [3.63, 3.8) is 0 Å². The summed E-state index contributed by atoms with van der Waals surface area (Å²) in [7, 11) is 0. The van der Waals surface area contributed by atoms with E-state index in [1.165, 1.54) is 24.1 Å². The molecular weight excluding hydrogens is 633 g/mol. The third-order valence-corrected chi connectivity index (χ3v) is 9.55. The van der Waals surface area contributed by atoms with E-state index in [9.17, 15) is 0 Å². The van der Waals surface area contributed by atoms with Crippen LogP contribution in [0.1, 0.15) is 76.5 Å². The summed E-state index contributed by atoms with van der Waals surface area (Å²) in [5, 5.41) is 8.66. The number of hydrogen-bond donors (Lipinski definition) is 4. The van der Waals surface area contributed by atoms with Crippen molar-refractivity contribution in [2.24, 2.45) is 23.3 Å². The number of rotatable bonds is 16. The molecule has 2 heterocycles. The second-order valence-corrected chi connectivity index (χ2v) is 14.8. The Bertz CT molecular complexity index is 1370. The molecule has 0 aliphatic heterocycles. The van der Waals surface area contributed by atoms with Crippen LogP contribution in [0.5, 0.6) is 0 Å². The lowest BCUT2D eigenvalue weighted by molar-refractivity contribution is 0.339. The summed E-state index contributed by atoms with van der Waals surface area (Å²) in [4.78, 5) is 18.1.